The third-order valence-corrected chi connectivity index (χ3v) is 3.98. The summed E-state index contributed by atoms with van der Waals surface area (Å²) in [7, 11) is 0. The van der Waals surface area contributed by atoms with Crippen molar-refractivity contribution in [3.05, 3.63) is 0 Å². The summed E-state index contributed by atoms with van der Waals surface area (Å²) in [6, 6.07) is 0.244. The Labute approximate surface area is 128 Å². The Balaban J connectivity index is 1.75. The maximum atomic E-state index is 12.0. The van der Waals surface area contributed by atoms with Gasteiger partial charge in [0.25, 0.3) is 5.91 Å². The Bertz CT molecular complexity index is 473. The van der Waals surface area contributed by atoms with Crippen LogP contribution in [0.4, 0.5) is 0 Å². The molecule has 1 saturated heterocycles. The van der Waals surface area contributed by atoms with E-state index in [-0.39, 0.29) is 18.4 Å². The topological polar surface area (TPSA) is 105 Å². The number of hydrazine groups is 1. The Kier molecular flexibility index (Phi) is 5.35. The van der Waals surface area contributed by atoms with E-state index in [9.17, 15) is 19.2 Å². The molecule has 1 aliphatic carbocycles. The van der Waals surface area contributed by atoms with Crippen LogP contribution in [0.1, 0.15) is 39.0 Å². The van der Waals surface area contributed by atoms with Gasteiger partial charge in [-0.2, -0.15) is 0 Å². The summed E-state index contributed by atoms with van der Waals surface area (Å²) in [6.45, 7) is 1.14. The molecule has 8 heteroatoms. The van der Waals surface area contributed by atoms with Crippen LogP contribution in [0.5, 0.6) is 0 Å². The SMILES string of the molecule is CC(=O)NNC(=O)COC(=O)[C@@H]1CC(=O)N(C2CCCC2)C1. The third-order valence-electron chi connectivity index (χ3n) is 3.98. The summed E-state index contributed by atoms with van der Waals surface area (Å²) < 4.78 is 4.90. The number of nitrogens with zero attached hydrogens (tertiary/aromatic N) is 1. The van der Waals surface area contributed by atoms with Crippen LogP contribution < -0.4 is 10.9 Å². The van der Waals surface area contributed by atoms with Gasteiger partial charge in [0, 0.05) is 25.9 Å². The number of carbonyl (C=O) groups excluding carboxylic acids is 4. The van der Waals surface area contributed by atoms with Gasteiger partial charge in [-0.15, -0.1) is 0 Å². The minimum absolute atomic E-state index is 0.0171. The van der Waals surface area contributed by atoms with Crippen LogP contribution in [0.2, 0.25) is 0 Å². The van der Waals surface area contributed by atoms with E-state index in [0.717, 1.165) is 25.7 Å². The monoisotopic (exact) mass is 311 g/mol. The highest BCUT2D eigenvalue weighted by Crippen LogP contribution is 2.29. The zero-order valence-electron chi connectivity index (χ0n) is 12.6. The molecule has 0 aromatic rings. The molecular formula is C14H21N3O5. The average molecular weight is 311 g/mol. The molecule has 22 heavy (non-hydrogen) atoms. The zero-order chi connectivity index (χ0) is 16.1. The average Bonchev–Trinajstić information content (AvgIpc) is 3.11. The number of esters is 1. The molecule has 0 unspecified atom stereocenters. The molecule has 0 aromatic carbocycles. The molecule has 1 heterocycles. The van der Waals surface area contributed by atoms with Gasteiger partial charge in [0.05, 0.1) is 5.92 Å². The van der Waals surface area contributed by atoms with Gasteiger partial charge < -0.3 is 9.64 Å². The summed E-state index contributed by atoms with van der Waals surface area (Å²) in [5.41, 5.74) is 4.19. The first-order valence-corrected chi connectivity index (χ1v) is 7.49. The lowest BCUT2D eigenvalue weighted by molar-refractivity contribution is -0.152. The second-order valence-electron chi connectivity index (χ2n) is 5.72. The molecule has 2 rings (SSSR count). The number of nitrogens with one attached hydrogen (secondary N) is 2. The summed E-state index contributed by atoms with van der Waals surface area (Å²) in [6.07, 6.45) is 4.36. The van der Waals surface area contributed by atoms with Crippen molar-refractivity contribution in [2.24, 2.45) is 5.92 Å². The van der Waals surface area contributed by atoms with Crippen molar-refractivity contribution in [3.8, 4) is 0 Å². The van der Waals surface area contributed by atoms with E-state index in [1.807, 2.05) is 0 Å². The van der Waals surface area contributed by atoms with Crippen LogP contribution in [0.3, 0.4) is 0 Å². The standard InChI is InChI=1S/C14H21N3O5/c1-9(18)15-16-12(19)8-22-14(21)10-6-13(20)17(7-10)11-4-2-3-5-11/h10-11H,2-8H2,1H3,(H,15,18)(H,16,19)/t10-/m1/s1. The predicted octanol–water partition coefficient (Wildman–Crippen LogP) is -0.512. The smallest absolute Gasteiger partial charge is 0.311 e. The van der Waals surface area contributed by atoms with E-state index in [1.165, 1.54) is 6.92 Å². The number of hydrogen-bond donors (Lipinski definition) is 2. The van der Waals surface area contributed by atoms with E-state index >= 15 is 0 Å². The molecule has 2 aliphatic rings. The molecule has 1 atom stereocenters. The fourth-order valence-electron chi connectivity index (χ4n) is 2.91. The minimum atomic E-state index is -0.625. The highest BCUT2D eigenvalue weighted by molar-refractivity contribution is 5.88. The molecule has 0 bridgehead atoms. The highest BCUT2D eigenvalue weighted by Gasteiger charge is 2.39. The van der Waals surface area contributed by atoms with Crippen LogP contribution in [-0.4, -0.2) is 47.8 Å². The maximum Gasteiger partial charge on any atom is 0.311 e. The lowest BCUT2D eigenvalue weighted by Crippen LogP contribution is -2.42. The van der Waals surface area contributed by atoms with Gasteiger partial charge in [0.15, 0.2) is 6.61 Å². The van der Waals surface area contributed by atoms with E-state index in [1.54, 1.807) is 4.90 Å². The third kappa shape index (κ3) is 4.19. The predicted molar refractivity (Wildman–Crippen MR) is 75.0 cm³/mol. The van der Waals surface area contributed by atoms with Crippen molar-refractivity contribution < 1.29 is 23.9 Å². The van der Waals surface area contributed by atoms with Crippen molar-refractivity contribution in [3.63, 3.8) is 0 Å². The molecule has 0 spiro atoms. The molecule has 1 aliphatic heterocycles. The first kappa shape index (κ1) is 16.3. The molecule has 8 nitrogen and oxygen atoms in total. The molecule has 122 valence electrons. The highest BCUT2D eigenvalue weighted by atomic mass is 16.5. The van der Waals surface area contributed by atoms with Crippen LogP contribution in [-0.2, 0) is 23.9 Å². The van der Waals surface area contributed by atoms with E-state index in [2.05, 4.69) is 10.9 Å². The number of amides is 3. The number of likely N-dealkylation sites (tertiary alicyclic amines) is 1. The van der Waals surface area contributed by atoms with Crippen molar-refractivity contribution in [1.82, 2.24) is 15.8 Å². The summed E-state index contributed by atoms with van der Waals surface area (Å²) in [5, 5.41) is 0. The van der Waals surface area contributed by atoms with Crippen LogP contribution in [0.15, 0.2) is 0 Å². The van der Waals surface area contributed by atoms with Crippen LogP contribution in [0.25, 0.3) is 0 Å². The second kappa shape index (κ2) is 7.24. The van der Waals surface area contributed by atoms with Crippen molar-refractivity contribution >= 4 is 23.7 Å². The summed E-state index contributed by atoms with van der Waals surface area (Å²) in [4.78, 5) is 47.6. The molecule has 1 saturated carbocycles. The summed E-state index contributed by atoms with van der Waals surface area (Å²) in [5.74, 6) is -2.13. The number of ether oxygens (including phenoxy) is 1. The van der Waals surface area contributed by atoms with Gasteiger partial charge >= 0.3 is 5.97 Å². The molecule has 3 amide bonds. The number of hydrogen-bond acceptors (Lipinski definition) is 5. The fraction of sp³-hybridized carbons (Fsp3) is 0.714. The van der Waals surface area contributed by atoms with Crippen molar-refractivity contribution in [1.29, 1.82) is 0 Å². The normalized spacial score (nSPS) is 21.8. The van der Waals surface area contributed by atoms with Gasteiger partial charge in [-0.3, -0.25) is 30.0 Å². The van der Waals surface area contributed by atoms with Crippen molar-refractivity contribution in [2.45, 2.75) is 45.1 Å². The number of carbonyl (C=O) groups is 4. The van der Waals surface area contributed by atoms with E-state index < -0.39 is 30.3 Å². The largest absolute Gasteiger partial charge is 0.455 e. The fourth-order valence-corrected chi connectivity index (χ4v) is 2.91. The summed E-state index contributed by atoms with van der Waals surface area (Å²) >= 11 is 0. The Hall–Kier alpha value is -2.12. The van der Waals surface area contributed by atoms with Gasteiger partial charge in [-0.25, -0.2) is 0 Å². The van der Waals surface area contributed by atoms with Crippen LogP contribution >= 0.6 is 0 Å². The van der Waals surface area contributed by atoms with Gasteiger partial charge in [-0.05, 0) is 12.8 Å². The van der Waals surface area contributed by atoms with E-state index in [0.29, 0.717) is 6.54 Å². The maximum absolute atomic E-state index is 12.0. The Morgan fingerprint density at radius 3 is 2.55 bits per heavy atom. The number of rotatable bonds is 4. The lowest BCUT2D eigenvalue weighted by atomic mass is 10.1. The van der Waals surface area contributed by atoms with Crippen molar-refractivity contribution in [2.75, 3.05) is 13.2 Å². The molecular weight excluding hydrogens is 290 g/mol. The first-order chi connectivity index (χ1) is 10.5. The zero-order valence-corrected chi connectivity index (χ0v) is 12.6. The molecule has 2 fully saturated rings. The van der Waals surface area contributed by atoms with Gasteiger partial charge in [0.1, 0.15) is 0 Å². The quantitative estimate of drug-likeness (QED) is 0.537. The molecule has 0 radical (unpaired) electrons. The van der Waals surface area contributed by atoms with Gasteiger partial charge in [-0.1, -0.05) is 12.8 Å². The van der Waals surface area contributed by atoms with Gasteiger partial charge in [0.2, 0.25) is 11.8 Å². The van der Waals surface area contributed by atoms with E-state index in [4.69, 9.17) is 4.74 Å². The van der Waals surface area contributed by atoms with Crippen LogP contribution in [0, 0.1) is 5.92 Å². The minimum Gasteiger partial charge on any atom is -0.455 e. The first-order valence-electron chi connectivity index (χ1n) is 7.49. The Morgan fingerprint density at radius 1 is 1.23 bits per heavy atom. The lowest BCUT2D eigenvalue weighted by Gasteiger charge is -2.23. The molecule has 2 N–H and O–H groups in total. The Morgan fingerprint density at radius 2 is 1.91 bits per heavy atom. The molecule has 0 aromatic heterocycles. The second-order valence-corrected chi connectivity index (χ2v) is 5.72.